The molecule has 0 fully saturated rings. The minimum absolute atomic E-state index is 0.0118. The van der Waals surface area contributed by atoms with Crippen LogP contribution in [0.3, 0.4) is 0 Å². The van der Waals surface area contributed by atoms with Crippen LogP contribution in [0.15, 0.2) is 84.9 Å². The zero-order valence-electron chi connectivity index (χ0n) is 18.4. The van der Waals surface area contributed by atoms with Gasteiger partial charge in [-0.25, -0.2) is 9.59 Å². The molecule has 0 spiro atoms. The smallest absolute Gasteiger partial charge is 0.408 e. The molecule has 3 rings (SSSR count). The molecule has 2 atom stereocenters. The highest BCUT2D eigenvalue weighted by Crippen LogP contribution is 2.12. The molecule has 0 unspecified atom stereocenters. The van der Waals surface area contributed by atoms with Crippen molar-refractivity contribution < 1.29 is 29.3 Å². The fourth-order valence-corrected chi connectivity index (χ4v) is 3.31. The number of rotatable bonds is 10. The molecule has 2 amide bonds. The highest BCUT2D eigenvalue weighted by Gasteiger charge is 2.27. The van der Waals surface area contributed by atoms with Gasteiger partial charge in [0.15, 0.2) is 0 Å². The third-order valence-electron chi connectivity index (χ3n) is 5.09. The van der Waals surface area contributed by atoms with Crippen LogP contribution in [0.5, 0.6) is 5.75 Å². The topological polar surface area (TPSA) is 125 Å². The zero-order chi connectivity index (χ0) is 24.3. The van der Waals surface area contributed by atoms with Crippen LogP contribution in [0.25, 0.3) is 0 Å². The molecule has 0 radical (unpaired) electrons. The number of carbonyl (C=O) groups excluding carboxylic acids is 2. The van der Waals surface area contributed by atoms with E-state index in [0.717, 1.165) is 11.1 Å². The number of ether oxygens (including phenoxy) is 1. The second-order valence-corrected chi connectivity index (χ2v) is 7.72. The van der Waals surface area contributed by atoms with Gasteiger partial charge in [0.2, 0.25) is 5.91 Å². The van der Waals surface area contributed by atoms with Crippen molar-refractivity contribution in [2.75, 3.05) is 0 Å². The van der Waals surface area contributed by atoms with Gasteiger partial charge in [0.1, 0.15) is 24.4 Å². The molecule has 3 aromatic rings. The fraction of sp³-hybridized carbons (Fsp3) is 0.192. The minimum atomic E-state index is -1.22. The summed E-state index contributed by atoms with van der Waals surface area (Å²) < 4.78 is 5.24. The largest absolute Gasteiger partial charge is 0.508 e. The van der Waals surface area contributed by atoms with Crippen LogP contribution in [-0.2, 0) is 33.8 Å². The molecule has 0 bridgehead atoms. The SMILES string of the molecule is O=C(N[C@H](Cc1ccccc1)C(=O)N[C@@H](Cc1ccc(O)cc1)C(=O)O)OCc1ccccc1. The Bertz CT molecular complexity index is 1090. The Kier molecular flexibility index (Phi) is 8.62. The van der Waals surface area contributed by atoms with Crippen LogP contribution >= 0.6 is 0 Å². The average molecular weight is 463 g/mol. The van der Waals surface area contributed by atoms with E-state index < -0.39 is 30.1 Å². The maximum absolute atomic E-state index is 13.0. The number of carbonyl (C=O) groups is 3. The number of aliphatic carboxylic acids is 1. The Morgan fingerprint density at radius 3 is 1.82 bits per heavy atom. The van der Waals surface area contributed by atoms with Crippen molar-refractivity contribution in [1.29, 1.82) is 0 Å². The molecule has 0 saturated carbocycles. The van der Waals surface area contributed by atoms with E-state index in [1.54, 1.807) is 12.1 Å². The lowest BCUT2D eigenvalue weighted by Crippen LogP contribution is -2.53. The van der Waals surface area contributed by atoms with E-state index in [4.69, 9.17) is 4.74 Å². The molecule has 176 valence electrons. The Labute approximate surface area is 197 Å². The minimum Gasteiger partial charge on any atom is -0.508 e. The summed E-state index contributed by atoms with van der Waals surface area (Å²) >= 11 is 0. The Morgan fingerprint density at radius 1 is 0.706 bits per heavy atom. The molecule has 0 saturated heterocycles. The third-order valence-corrected chi connectivity index (χ3v) is 5.09. The lowest BCUT2D eigenvalue weighted by Gasteiger charge is -2.21. The molecule has 0 aromatic heterocycles. The second kappa shape index (κ2) is 12.1. The van der Waals surface area contributed by atoms with Gasteiger partial charge in [-0.2, -0.15) is 0 Å². The summed E-state index contributed by atoms with van der Waals surface area (Å²) in [5, 5.41) is 24.1. The quantitative estimate of drug-likeness (QED) is 0.367. The van der Waals surface area contributed by atoms with E-state index in [0.29, 0.717) is 5.56 Å². The number of carboxylic acid groups (broad SMARTS) is 1. The summed E-state index contributed by atoms with van der Waals surface area (Å²) in [4.78, 5) is 37.2. The van der Waals surface area contributed by atoms with Crippen LogP contribution in [0, 0.1) is 0 Å². The molecule has 34 heavy (non-hydrogen) atoms. The number of phenolic OH excluding ortho intramolecular Hbond substituents is 1. The Morgan fingerprint density at radius 2 is 1.24 bits per heavy atom. The zero-order valence-corrected chi connectivity index (χ0v) is 18.4. The first-order valence-electron chi connectivity index (χ1n) is 10.7. The Hall–Kier alpha value is -4.33. The molecule has 8 nitrogen and oxygen atoms in total. The van der Waals surface area contributed by atoms with Crippen molar-refractivity contribution in [2.45, 2.75) is 31.5 Å². The first-order valence-corrected chi connectivity index (χ1v) is 10.7. The van der Waals surface area contributed by atoms with E-state index in [1.807, 2.05) is 60.7 Å². The van der Waals surface area contributed by atoms with Gasteiger partial charge in [0, 0.05) is 12.8 Å². The number of aromatic hydroxyl groups is 1. The average Bonchev–Trinajstić information content (AvgIpc) is 2.84. The van der Waals surface area contributed by atoms with Gasteiger partial charge >= 0.3 is 12.1 Å². The van der Waals surface area contributed by atoms with Crippen molar-refractivity contribution in [3.8, 4) is 5.75 Å². The first kappa shape index (κ1) is 24.3. The lowest BCUT2D eigenvalue weighted by molar-refractivity contribution is -0.142. The highest BCUT2D eigenvalue weighted by atomic mass is 16.5. The number of hydrogen-bond acceptors (Lipinski definition) is 5. The molecule has 0 aliphatic carbocycles. The van der Waals surface area contributed by atoms with Gasteiger partial charge in [-0.05, 0) is 28.8 Å². The number of benzene rings is 3. The fourth-order valence-electron chi connectivity index (χ4n) is 3.31. The molecule has 0 aliphatic rings. The van der Waals surface area contributed by atoms with E-state index >= 15 is 0 Å². The summed E-state index contributed by atoms with van der Waals surface area (Å²) in [6.07, 6.45) is -0.624. The highest BCUT2D eigenvalue weighted by molar-refractivity contribution is 5.89. The van der Waals surface area contributed by atoms with Crippen LogP contribution in [0.4, 0.5) is 4.79 Å². The monoisotopic (exact) mass is 462 g/mol. The molecule has 0 aliphatic heterocycles. The van der Waals surface area contributed by atoms with Gasteiger partial charge in [0.05, 0.1) is 0 Å². The second-order valence-electron chi connectivity index (χ2n) is 7.72. The molecule has 0 heterocycles. The maximum Gasteiger partial charge on any atom is 0.408 e. The molecular formula is C26H26N2O6. The predicted octanol–water partition coefficient (Wildman–Crippen LogP) is 3.04. The van der Waals surface area contributed by atoms with E-state index in [2.05, 4.69) is 10.6 Å². The van der Waals surface area contributed by atoms with Gasteiger partial charge in [-0.3, -0.25) is 4.79 Å². The molecule has 8 heteroatoms. The molecule has 4 N–H and O–H groups in total. The van der Waals surface area contributed by atoms with Gasteiger partial charge in [-0.1, -0.05) is 72.8 Å². The summed E-state index contributed by atoms with van der Waals surface area (Å²) in [7, 11) is 0. The van der Waals surface area contributed by atoms with Crippen molar-refractivity contribution in [3.05, 3.63) is 102 Å². The molecular weight excluding hydrogens is 436 g/mol. The van der Waals surface area contributed by atoms with Gasteiger partial charge in [0.25, 0.3) is 0 Å². The number of nitrogens with one attached hydrogen (secondary N) is 2. The van der Waals surface area contributed by atoms with Crippen LogP contribution in [0.2, 0.25) is 0 Å². The predicted molar refractivity (Wildman–Crippen MR) is 125 cm³/mol. The van der Waals surface area contributed by atoms with Crippen molar-refractivity contribution >= 4 is 18.0 Å². The molecule has 3 aromatic carbocycles. The number of phenols is 1. The van der Waals surface area contributed by atoms with Gasteiger partial charge in [-0.15, -0.1) is 0 Å². The lowest BCUT2D eigenvalue weighted by atomic mass is 10.0. The number of amides is 2. The van der Waals surface area contributed by atoms with Crippen molar-refractivity contribution in [2.24, 2.45) is 0 Å². The number of hydrogen-bond donors (Lipinski definition) is 4. The van der Waals surface area contributed by atoms with Gasteiger partial charge < -0.3 is 25.6 Å². The first-order chi connectivity index (χ1) is 16.4. The van der Waals surface area contributed by atoms with E-state index in [1.165, 1.54) is 12.1 Å². The van der Waals surface area contributed by atoms with Crippen LogP contribution in [-0.4, -0.2) is 40.3 Å². The number of alkyl carbamates (subject to hydrolysis) is 1. The summed E-state index contributed by atoms with van der Waals surface area (Å²) in [6, 6.07) is 21.9. The van der Waals surface area contributed by atoms with Crippen molar-refractivity contribution in [1.82, 2.24) is 10.6 Å². The third kappa shape index (κ3) is 7.67. The summed E-state index contributed by atoms with van der Waals surface area (Å²) in [5.74, 6) is -1.81. The van der Waals surface area contributed by atoms with Crippen LogP contribution < -0.4 is 10.6 Å². The maximum atomic E-state index is 13.0. The van der Waals surface area contributed by atoms with Crippen LogP contribution in [0.1, 0.15) is 16.7 Å². The number of carboxylic acids is 1. The summed E-state index contributed by atoms with van der Waals surface area (Å²) in [6.45, 7) is 0.0327. The standard InChI is InChI=1S/C26H26N2O6/c29-21-13-11-19(12-14-21)16-23(25(31)32)27-24(30)22(15-18-7-3-1-4-8-18)28-26(33)34-17-20-9-5-2-6-10-20/h1-14,22-23,29H,15-17H2,(H,27,30)(H,28,33)(H,31,32)/t22-,23+/m1/s1. The summed E-state index contributed by atoms with van der Waals surface area (Å²) in [5.41, 5.74) is 2.21. The Balaban J connectivity index is 1.68. The normalized spacial score (nSPS) is 12.2. The van der Waals surface area contributed by atoms with Crippen molar-refractivity contribution in [3.63, 3.8) is 0 Å². The van der Waals surface area contributed by atoms with E-state index in [-0.39, 0.29) is 25.2 Å². The van der Waals surface area contributed by atoms with E-state index in [9.17, 15) is 24.6 Å².